The number of allylic oxidation sites excluding steroid dienone is 1. The standard InChI is InChI=1S/C21H24FN7O2S2/c1-13-23-21(32-27-13)28-10-7-14(8-11-28)24-20-25-19-17(4-3-9-29(19)26-20)16-6-5-15(12-18(16)22)33(2,30)31/h3,5-6,9,12,14,17H,4,7-8,10-11H2,1-2H3,(H,24,26). The maximum absolute atomic E-state index is 14.8. The Morgan fingerprint density at radius 1 is 1.21 bits per heavy atom. The normalized spacial score (nSPS) is 19.0. The Morgan fingerprint density at radius 3 is 2.67 bits per heavy atom. The Morgan fingerprint density at radius 2 is 2.00 bits per heavy atom. The van der Waals surface area contributed by atoms with Gasteiger partial charge < -0.3 is 10.2 Å². The van der Waals surface area contributed by atoms with E-state index in [9.17, 15) is 12.8 Å². The van der Waals surface area contributed by atoms with Crippen LogP contribution in [0.15, 0.2) is 29.2 Å². The third kappa shape index (κ3) is 4.49. The summed E-state index contributed by atoms with van der Waals surface area (Å²) in [5.74, 6) is 1.05. The third-order valence-corrected chi connectivity index (χ3v) is 7.96. The second-order valence-electron chi connectivity index (χ2n) is 8.40. The first-order chi connectivity index (χ1) is 15.8. The molecule has 0 amide bonds. The van der Waals surface area contributed by atoms with Crippen molar-refractivity contribution in [3.8, 4) is 0 Å². The zero-order valence-corrected chi connectivity index (χ0v) is 19.9. The summed E-state index contributed by atoms with van der Waals surface area (Å²) < 4.78 is 44.3. The average molecular weight is 490 g/mol. The van der Waals surface area contributed by atoms with Gasteiger partial charge in [-0.3, -0.25) is 0 Å². The summed E-state index contributed by atoms with van der Waals surface area (Å²) in [5.41, 5.74) is 0.410. The summed E-state index contributed by atoms with van der Waals surface area (Å²) >= 11 is 1.43. The molecule has 4 heterocycles. The fourth-order valence-corrected chi connectivity index (χ4v) is 5.60. The predicted molar refractivity (Wildman–Crippen MR) is 125 cm³/mol. The van der Waals surface area contributed by atoms with Crippen LogP contribution < -0.4 is 10.2 Å². The minimum atomic E-state index is -3.47. The van der Waals surface area contributed by atoms with Crippen LogP contribution in [0.2, 0.25) is 0 Å². The first-order valence-corrected chi connectivity index (χ1v) is 13.4. The van der Waals surface area contributed by atoms with Crippen LogP contribution in [0.3, 0.4) is 0 Å². The van der Waals surface area contributed by atoms with Gasteiger partial charge in [-0.15, -0.1) is 5.10 Å². The molecule has 1 atom stereocenters. The summed E-state index contributed by atoms with van der Waals surface area (Å²) in [6.45, 7) is 3.65. The van der Waals surface area contributed by atoms with Crippen LogP contribution in [0, 0.1) is 12.7 Å². The first-order valence-electron chi connectivity index (χ1n) is 10.7. The Hall–Kier alpha value is -2.86. The summed E-state index contributed by atoms with van der Waals surface area (Å²) in [6.07, 6.45) is 7.22. The van der Waals surface area contributed by atoms with Crippen molar-refractivity contribution < 1.29 is 12.8 Å². The molecule has 0 aliphatic carbocycles. The number of piperidine rings is 1. The fraction of sp³-hybridized carbons (Fsp3) is 0.429. The van der Waals surface area contributed by atoms with Gasteiger partial charge in [-0.05, 0) is 43.9 Å². The number of anilines is 2. The molecular formula is C21H24FN7O2S2. The molecular weight excluding hydrogens is 465 g/mol. The fourth-order valence-electron chi connectivity index (χ4n) is 4.25. The molecule has 1 saturated heterocycles. The van der Waals surface area contributed by atoms with Gasteiger partial charge in [0, 0.05) is 43.1 Å². The lowest BCUT2D eigenvalue weighted by atomic mass is 9.93. The lowest BCUT2D eigenvalue weighted by Crippen LogP contribution is -2.39. The largest absolute Gasteiger partial charge is 0.350 e. The number of fused-ring (bicyclic) bond motifs is 1. The quantitative estimate of drug-likeness (QED) is 0.583. The number of aromatic nitrogens is 5. The molecule has 2 aliphatic rings. The molecule has 5 rings (SSSR count). The highest BCUT2D eigenvalue weighted by Crippen LogP contribution is 2.34. The zero-order valence-electron chi connectivity index (χ0n) is 18.3. The minimum Gasteiger partial charge on any atom is -0.350 e. The molecule has 1 N–H and O–H groups in total. The second kappa shape index (κ2) is 8.49. The molecule has 1 fully saturated rings. The molecule has 174 valence electrons. The predicted octanol–water partition coefficient (Wildman–Crippen LogP) is 3.07. The van der Waals surface area contributed by atoms with Crippen LogP contribution in [0.25, 0.3) is 6.20 Å². The molecule has 9 nitrogen and oxygen atoms in total. The number of aryl methyl sites for hydroxylation is 1. The molecule has 12 heteroatoms. The van der Waals surface area contributed by atoms with E-state index >= 15 is 0 Å². The number of hydrogen-bond donors (Lipinski definition) is 1. The number of nitrogens with one attached hydrogen (secondary N) is 1. The molecule has 0 saturated carbocycles. The molecule has 0 spiro atoms. The third-order valence-electron chi connectivity index (χ3n) is 5.98. The van der Waals surface area contributed by atoms with E-state index in [1.807, 2.05) is 19.2 Å². The van der Waals surface area contributed by atoms with Crippen LogP contribution in [0.5, 0.6) is 0 Å². The van der Waals surface area contributed by atoms with Crippen LogP contribution in [-0.4, -0.2) is 57.9 Å². The Labute approximate surface area is 195 Å². The van der Waals surface area contributed by atoms with Crippen molar-refractivity contribution >= 4 is 38.6 Å². The number of rotatable bonds is 5. The van der Waals surface area contributed by atoms with Gasteiger partial charge in [0.25, 0.3) is 0 Å². The van der Waals surface area contributed by atoms with E-state index in [2.05, 4.69) is 29.7 Å². The molecule has 3 aromatic rings. The number of benzene rings is 1. The molecule has 0 bridgehead atoms. The van der Waals surface area contributed by atoms with Crippen LogP contribution in [-0.2, 0) is 9.84 Å². The maximum Gasteiger partial charge on any atom is 0.243 e. The van der Waals surface area contributed by atoms with Crippen molar-refractivity contribution in [2.24, 2.45) is 0 Å². The van der Waals surface area contributed by atoms with Gasteiger partial charge in [-0.25, -0.2) is 22.5 Å². The number of sulfone groups is 1. The van der Waals surface area contributed by atoms with Crippen LogP contribution in [0.4, 0.5) is 15.5 Å². The lowest BCUT2D eigenvalue weighted by molar-refractivity contribution is 0.523. The van der Waals surface area contributed by atoms with Gasteiger partial charge >= 0.3 is 0 Å². The van der Waals surface area contributed by atoms with Gasteiger partial charge in [0.15, 0.2) is 9.84 Å². The van der Waals surface area contributed by atoms with Crippen molar-refractivity contribution in [1.82, 2.24) is 24.1 Å². The average Bonchev–Trinajstić information content (AvgIpc) is 3.39. The Bertz CT molecular complexity index is 1310. The molecule has 2 aliphatic heterocycles. The van der Waals surface area contributed by atoms with E-state index in [4.69, 9.17) is 0 Å². The SMILES string of the molecule is Cc1nsc(N2CCC(Nc3nc4n(n3)C=CCC4c3ccc(S(C)(=O)=O)cc3F)CC2)n1. The topological polar surface area (TPSA) is 106 Å². The van der Waals surface area contributed by atoms with E-state index in [0.29, 0.717) is 23.8 Å². The smallest absolute Gasteiger partial charge is 0.243 e. The lowest BCUT2D eigenvalue weighted by Gasteiger charge is -2.31. The van der Waals surface area contributed by atoms with Gasteiger partial charge in [0.1, 0.15) is 17.5 Å². The highest BCUT2D eigenvalue weighted by atomic mass is 32.2. The van der Waals surface area contributed by atoms with E-state index in [0.717, 1.165) is 49.2 Å². The number of hydrogen-bond acceptors (Lipinski definition) is 9. The van der Waals surface area contributed by atoms with Crippen molar-refractivity contribution in [2.45, 2.75) is 43.0 Å². The first kappa shape index (κ1) is 22.0. The van der Waals surface area contributed by atoms with Gasteiger partial charge in [-0.2, -0.15) is 9.36 Å². The molecule has 1 aromatic carbocycles. The highest BCUT2D eigenvalue weighted by Gasteiger charge is 2.28. The van der Waals surface area contributed by atoms with E-state index < -0.39 is 15.7 Å². The minimum absolute atomic E-state index is 0.0334. The van der Waals surface area contributed by atoms with Crippen molar-refractivity contribution in [2.75, 3.05) is 29.6 Å². The Balaban J connectivity index is 1.30. The van der Waals surface area contributed by atoms with Crippen molar-refractivity contribution in [1.29, 1.82) is 0 Å². The van der Waals surface area contributed by atoms with E-state index in [1.165, 1.54) is 23.7 Å². The number of halogens is 1. The van der Waals surface area contributed by atoms with Gasteiger partial charge in [0.05, 0.1) is 10.8 Å². The zero-order chi connectivity index (χ0) is 23.2. The van der Waals surface area contributed by atoms with E-state index in [1.54, 1.807) is 4.68 Å². The summed E-state index contributed by atoms with van der Waals surface area (Å²) in [5, 5.41) is 8.92. The molecule has 2 aromatic heterocycles. The van der Waals surface area contributed by atoms with Crippen LogP contribution in [0.1, 0.15) is 42.4 Å². The second-order valence-corrected chi connectivity index (χ2v) is 11.1. The highest BCUT2D eigenvalue weighted by molar-refractivity contribution is 7.90. The number of nitrogens with zero attached hydrogens (tertiary/aromatic N) is 6. The van der Waals surface area contributed by atoms with Crippen molar-refractivity contribution in [3.05, 3.63) is 47.3 Å². The molecule has 33 heavy (non-hydrogen) atoms. The maximum atomic E-state index is 14.8. The summed E-state index contributed by atoms with van der Waals surface area (Å²) in [7, 11) is -3.47. The summed E-state index contributed by atoms with van der Waals surface area (Å²) in [4.78, 5) is 11.3. The van der Waals surface area contributed by atoms with Gasteiger partial charge in [-0.1, -0.05) is 12.1 Å². The monoisotopic (exact) mass is 489 g/mol. The van der Waals surface area contributed by atoms with Crippen LogP contribution >= 0.6 is 11.5 Å². The summed E-state index contributed by atoms with van der Waals surface area (Å²) in [6, 6.07) is 4.29. The molecule has 1 unspecified atom stereocenters. The van der Waals surface area contributed by atoms with Crippen molar-refractivity contribution in [3.63, 3.8) is 0 Å². The van der Waals surface area contributed by atoms with Gasteiger partial charge in [0.2, 0.25) is 11.1 Å². The Kier molecular flexibility index (Phi) is 5.65. The molecule has 0 radical (unpaired) electrons. The van der Waals surface area contributed by atoms with E-state index in [-0.39, 0.29) is 16.9 Å².